The lowest BCUT2D eigenvalue weighted by Gasteiger charge is -2.34. The van der Waals surface area contributed by atoms with Crippen LogP contribution in [0.3, 0.4) is 0 Å². The van der Waals surface area contributed by atoms with E-state index in [2.05, 4.69) is 19.9 Å². The zero-order chi connectivity index (χ0) is 14.5. The smallest absolute Gasteiger partial charge is 0.229 e. The number of aromatic nitrogens is 3. The van der Waals surface area contributed by atoms with Gasteiger partial charge in [0, 0.05) is 44.8 Å². The molecule has 0 unspecified atom stereocenters. The predicted octanol–water partition coefficient (Wildman–Crippen LogP) is -0.180. The first-order valence-electron chi connectivity index (χ1n) is 6.70. The van der Waals surface area contributed by atoms with Gasteiger partial charge in [0.25, 0.3) is 0 Å². The van der Waals surface area contributed by atoms with E-state index in [1.54, 1.807) is 0 Å². The van der Waals surface area contributed by atoms with E-state index in [0.29, 0.717) is 24.4 Å². The summed E-state index contributed by atoms with van der Waals surface area (Å²) in [5.74, 6) is 3.67. The molecule has 0 spiro atoms. The summed E-state index contributed by atoms with van der Waals surface area (Å²) in [5.41, 5.74) is 5.74. The molecule has 1 saturated heterocycles. The van der Waals surface area contributed by atoms with Gasteiger partial charge in [-0.05, 0) is 6.42 Å². The third-order valence-corrected chi connectivity index (χ3v) is 4.34. The first-order valence-corrected chi connectivity index (χ1v) is 7.86. The van der Waals surface area contributed by atoms with E-state index in [1.807, 2.05) is 30.8 Å². The van der Waals surface area contributed by atoms with Crippen LogP contribution in [0.15, 0.2) is 0 Å². The zero-order valence-electron chi connectivity index (χ0n) is 12.0. The van der Waals surface area contributed by atoms with Crippen molar-refractivity contribution in [3.63, 3.8) is 0 Å². The molecule has 1 atom stereocenters. The van der Waals surface area contributed by atoms with Crippen molar-refractivity contribution >= 4 is 23.7 Å². The van der Waals surface area contributed by atoms with Gasteiger partial charge in [-0.2, -0.15) is 26.7 Å². The van der Waals surface area contributed by atoms with E-state index in [1.165, 1.54) is 0 Å². The minimum absolute atomic E-state index is 0.212. The number of nitrogens with zero attached hydrogens (tertiary/aromatic N) is 5. The average molecular weight is 298 g/mol. The molecule has 0 radical (unpaired) electrons. The summed E-state index contributed by atoms with van der Waals surface area (Å²) >= 11 is 1.93. The monoisotopic (exact) mass is 298 g/mol. The number of aliphatic hydroxyl groups is 1. The van der Waals surface area contributed by atoms with Crippen molar-refractivity contribution in [3.05, 3.63) is 5.82 Å². The highest BCUT2D eigenvalue weighted by atomic mass is 32.2. The molecule has 1 fully saturated rings. The van der Waals surface area contributed by atoms with Crippen molar-refractivity contribution < 1.29 is 5.11 Å². The molecule has 0 amide bonds. The summed E-state index contributed by atoms with van der Waals surface area (Å²) in [7, 11) is 3.76. The van der Waals surface area contributed by atoms with Gasteiger partial charge in [-0.15, -0.1) is 0 Å². The molecule has 1 aliphatic rings. The second kappa shape index (κ2) is 7.05. The lowest BCUT2D eigenvalue weighted by Crippen LogP contribution is -2.42. The minimum atomic E-state index is 0.212. The number of anilines is 2. The molecule has 2 heterocycles. The van der Waals surface area contributed by atoms with Crippen LogP contribution in [0.4, 0.5) is 11.9 Å². The van der Waals surface area contributed by atoms with Crippen LogP contribution in [0.1, 0.15) is 12.2 Å². The highest BCUT2D eigenvalue weighted by Crippen LogP contribution is 2.20. The maximum atomic E-state index is 9.16. The van der Waals surface area contributed by atoms with Gasteiger partial charge in [0.2, 0.25) is 11.9 Å². The van der Waals surface area contributed by atoms with Gasteiger partial charge in [-0.1, -0.05) is 0 Å². The second-order valence-corrected chi connectivity index (χ2v) is 6.17. The second-order valence-electron chi connectivity index (χ2n) is 5.02. The van der Waals surface area contributed by atoms with E-state index < -0.39 is 0 Å². The molecule has 7 nitrogen and oxygen atoms in total. The maximum Gasteiger partial charge on any atom is 0.229 e. The lowest BCUT2D eigenvalue weighted by molar-refractivity contribution is 0.164. The van der Waals surface area contributed by atoms with E-state index in [0.717, 1.165) is 24.5 Å². The minimum Gasteiger partial charge on any atom is -0.396 e. The van der Waals surface area contributed by atoms with Gasteiger partial charge in [-0.25, -0.2) is 0 Å². The zero-order valence-corrected chi connectivity index (χ0v) is 12.8. The van der Waals surface area contributed by atoms with Gasteiger partial charge < -0.3 is 15.7 Å². The molecule has 1 aromatic rings. The molecular weight excluding hydrogens is 276 g/mol. The van der Waals surface area contributed by atoms with E-state index >= 15 is 0 Å². The average Bonchev–Trinajstić information content (AvgIpc) is 2.40. The van der Waals surface area contributed by atoms with Gasteiger partial charge in [0.15, 0.2) is 0 Å². The molecule has 3 N–H and O–H groups in total. The third-order valence-electron chi connectivity index (χ3n) is 3.24. The summed E-state index contributed by atoms with van der Waals surface area (Å²) in [4.78, 5) is 16.9. The van der Waals surface area contributed by atoms with Crippen LogP contribution in [0, 0.1) is 0 Å². The number of hydrogen-bond acceptors (Lipinski definition) is 8. The summed E-state index contributed by atoms with van der Waals surface area (Å²) in [6.07, 6.45) is 0.786. The van der Waals surface area contributed by atoms with Crippen LogP contribution in [-0.2, 0) is 6.54 Å². The van der Waals surface area contributed by atoms with Gasteiger partial charge >= 0.3 is 0 Å². The summed E-state index contributed by atoms with van der Waals surface area (Å²) in [6.45, 7) is 1.85. The number of aliphatic hydroxyl groups excluding tert-OH is 1. The van der Waals surface area contributed by atoms with Crippen LogP contribution in [-0.4, -0.2) is 69.8 Å². The Morgan fingerprint density at radius 1 is 1.40 bits per heavy atom. The van der Waals surface area contributed by atoms with E-state index in [-0.39, 0.29) is 12.6 Å². The number of nitrogens with two attached hydrogens (primary N) is 1. The standard InChI is InChI=1S/C12H22N6OS/c1-17(2)12-15-10(14-11(13)16-12)7-18-4-6-20-8-9(18)3-5-19/h9,19H,3-8H2,1-2H3,(H2,13,14,15,16)/t9-/m0/s1. The molecule has 0 bridgehead atoms. The van der Waals surface area contributed by atoms with Crippen molar-refractivity contribution in [1.82, 2.24) is 19.9 Å². The molecule has 20 heavy (non-hydrogen) atoms. The molecule has 0 saturated carbocycles. The Morgan fingerprint density at radius 2 is 2.20 bits per heavy atom. The topological polar surface area (TPSA) is 91.4 Å². The normalized spacial score (nSPS) is 20.1. The Hall–Kier alpha value is -1.12. The highest BCUT2D eigenvalue weighted by molar-refractivity contribution is 7.99. The lowest BCUT2D eigenvalue weighted by atomic mass is 10.2. The number of hydrogen-bond donors (Lipinski definition) is 2. The molecule has 1 aliphatic heterocycles. The SMILES string of the molecule is CN(C)c1nc(N)nc(CN2CCSC[C@@H]2CCO)n1. The third kappa shape index (κ3) is 3.94. The number of rotatable bonds is 5. The quantitative estimate of drug-likeness (QED) is 0.773. The molecular formula is C12H22N6OS. The molecule has 8 heteroatoms. The number of thioether (sulfide) groups is 1. The molecule has 0 aliphatic carbocycles. The molecule has 0 aromatic carbocycles. The molecule has 112 valence electrons. The summed E-state index contributed by atoms with van der Waals surface area (Å²) in [6, 6.07) is 0.375. The maximum absolute atomic E-state index is 9.16. The van der Waals surface area contributed by atoms with Crippen molar-refractivity contribution in [1.29, 1.82) is 0 Å². The number of nitrogen functional groups attached to an aromatic ring is 1. The fraction of sp³-hybridized carbons (Fsp3) is 0.750. The Balaban J connectivity index is 2.11. The van der Waals surface area contributed by atoms with Crippen LogP contribution in [0.5, 0.6) is 0 Å². The summed E-state index contributed by atoms with van der Waals surface area (Å²) < 4.78 is 0. The van der Waals surface area contributed by atoms with Crippen molar-refractivity contribution in [2.24, 2.45) is 0 Å². The Kier molecular flexibility index (Phi) is 5.38. The van der Waals surface area contributed by atoms with Gasteiger partial charge in [-0.3, -0.25) is 4.90 Å². The molecule has 2 rings (SSSR count). The van der Waals surface area contributed by atoms with Crippen LogP contribution in [0.2, 0.25) is 0 Å². The summed E-state index contributed by atoms with van der Waals surface area (Å²) in [5, 5.41) is 9.16. The fourth-order valence-electron chi connectivity index (χ4n) is 2.19. The van der Waals surface area contributed by atoms with Crippen molar-refractivity contribution in [2.45, 2.75) is 19.0 Å². The fourth-order valence-corrected chi connectivity index (χ4v) is 3.37. The Labute approximate surface area is 123 Å². The van der Waals surface area contributed by atoms with Crippen LogP contribution < -0.4 is 10.6 Å². The first-order chi connectivity index (χ1) is 9.60. The Morgan fingerprint density at radius 3 is 2.90 bits per heavy atom. The van der Waals surface area contributed by atoms with Crippen LogP contribution in [0.25, 0.3) is 0 Å². The first kappa shape index (κ1) is 15.3. The van der Waals surface area contributed by atoms with E-state index in [9.17, 15) is 0 Å². The van der Waals surface area contributed by atoms with Crippen LogP contribution >= 0.6 is 11.8 Å². The van der Waals surface area contributed by atoms with Gasteiger partial charge in [0.05, 0.1) is 6.54 Å². The highest BCUT2D eigenvalue weighted by Gasteiger charge is 2.23. The van der Waals surface area contributed by atoms with Crippen molar-refractivity contribution in [2.75, 3.05) is 49.4 Å². The van der Waals surface area contributed by atoms with Crippen molar-refractivity contribution in [3.8, 4) is 0 Å². The predicted molar refractivity (Wildman–Crippen MR) is 81.8 cm³/mol. The van der Waals surface area contributed by atoms with Gasteiger partial charge in [0.1, 0.15) is 5.82 Å². The largest absolute Gasteiger partial charge is 0.396 e. The Bertz CT molecular complexity index is 442. The molecule has 1 aromatic heterocycles. The van der Waals surface area contributed by atoms with E-state index in [4.69, 9.17) is 10.8 Å².